The molecule has 0 bridgehead atoms. The number of anilines is 1. The predicted octanol–water partition coefficient (Wildman–Crippen LogP) is 5.31. The number of esters is 1. The van der Waals surface area contributed by atoms with Crippen LogP contribution in [0.5, 0.6) is 0 Å². The second-order valence-electron chi connectivity index (χ2n) is 6.03. The predicted molar refractivity (Wildman–Crippen MR) is 105 cm³/mol. The fraction of sp³-hybridized carbons (Fsp3) is 0.300. The minimum absolute atomic E-state index is 0.0889. The third kappa shape index (κ3) is 5.23. The summed E-state index contributed by atoms with van der Waals surface area (Å²) >= 11 is 12.0. The van der Waals surface area contributed by atoms with Crippen LogP contribution in [0.4, 0.5) is 5.69 Å². The van der Waals surface area contributed by atoms with E-state index in [9.17, 15) is 9.59 Å². The third-order valence-electron chi connectivity index (χ3n) is 4.20. The zero-order valence-corrected chi connectivity index (χ0v) is 16.2. The quantitative estimate of drug-likeness (QED) is 0.648. The first-order valence-electron chi connectivity index (χ1n) is 8.39. The number of nitrogens with one attached hydrogen (secondary N) is 1. The molecular formula is C20H21Cl2NO3. The van der Waals surface area contributed by atoms with E-state index < -0.39 is 24.4 Å². The Labute approximate surface area is 163 Å². The van der Waals surface area contributed by atoms with Crippen molar-refractivity contribution in [2.24, 2.45) is 5.92 Å². The van der Waals surface area contributed by atoms with Gasteiger partial charge in [-0.2, -0.15) is 0 Å². The van der Waals surface area contributed by atoms with Crippen LogP contribution < -0.4 is 5.32 Å². The summed E-state index contributed by atoms with van der Waals surface area (Å²) in [6.07, 6.45) is 0.816. The number of para-hydroxylation sites is 1. The van der Waals surface area contributed by atoms with Crippen molar-refractivity contribution in [1.82, 2.24) is 0 Å². The fourth-order valence-corrected chi connectivity index (χ4v) is 3.10. The van der Waals surface area contributed by atoms with Crippen LogP contribution in [-0.2, 0) is 14.3 Å². The molecule has 138 valence electrons. The summed E-state index contributed by atoms with van der Waals surface area (Å²) in [6, 6.07) is 14.3. The van der Waals surface area contributed by atoms with Crippen molar-refractivity contribution in [2.75, 3.05) is 11.9 Å². The van der Waals surface area contributed by atoms with Gasteiger partial charge in [0.1, 0.15) is 0 Å². The molecule has 0 saturated carbocycles. The number of carbonyl (C=O) groups is 2. The molecule has 0 fully saturated rings. The van der Waals surface area contributed by atoms with Crippen LogP contribution in [0.15, 0.2) is 48.5 Å². The zero-order valence-electron chi connectivity index (χ0n) is 14.7. The minimum Gasteiger partial charge on any atom is -0.455 e. The average Bonchev–Trinajstić information content (AvgIpc) is 2.64. The smallest absolute Gasteiger partial charge is 0.314 e. The molecule has 4 nitrogen and oxygen atoms in total. The van der Waals surface area contributed by atoms with Gasteiger partial charge in [0, 0.05) is 0 Å². The Balaban J connectivity index is 2.02. The summed E-state index contributed by atoms with van der Waals surface area (Å²) in [6.45, 7) is 3.60. The second-order valence-corrected chi connectivity index (χ2v) is 6.84. The van der Waals surface area contributed by atoms with Gasteiger partial charge < -0.3 is 10.1 Å². The Bertz CT molecular complexity index is 745. The topological polar surface area (TPSA) is 55.4 Å². The molecule has 0 heterocycles. The summed E-state index contributed by atoms with van der Waals surface area (Å²) in [4.78, 5) is 24.7. The van der Waals surface area contributed by atoms with Crippen molar-refractivity contribution in [3.05, 3.63) is 64.1 Å². The van der Waals surface area contributed by atoms with Crippen LogP contribution in [0.3, 0.4) is 0 Å². The van der Waals surface area contributed by atoms with Gasteiger partial charge >= 0.3 is 5.97 Å². The highest BCUT2D eigenvalue weighted by Gasteiger charge is 2.27. The number of amides is 1. The van der Waals surface area contributed by atoms with Crippen LogP contribution in [0.25, 0.3) is 0 Å². The highest BCUT2D eigenvalue weighted by atomic mass is 35.5. The lowest BCUT2D eigenvalue weighted by atomic mass is 9.86. The first-order chi connectivity index (χ1) is 12.4. The van der Waals surface area contributed by atoms with Gasteiger partial charge in [-0.1, -0.05) is 79.9 Å². The molecule has 0 saturated heterocycles. The van der Waals surface area contributed by atoms with E-state index in [1.54, 1.807) is 18.2 Å². The summed E-state index contributed by atoms with van der Waals surface area (Å²) in [7, 11) is 0. The van der Waals surface area contributed by atoms with Gasteiger partial charge in [-0.05, 0) is 23.6 Å². The van der Waals surface area contributed by atoms with E-state index in [1.807, 2.05) is 44.2 Å². The molecule has 0 aromatic heterocycles. The zero-order chi connectivity index (χ0) is 19.1. The van der Waals surface area contributed by atoms with E-state index in [4.69, 9.17) is 27.9 Å². The molecule has 1 N–H and O–H groups in total. The van der Waals surface area contributed by atoms with Crippen molar-refractivity contribution in [3.8, 4) is 0 Å². The fourth-order valence-electron chi connectivity index (χ4n) is 2.61. The highest BCUT2D eigenvalue weighted by Crippen LogP contribution is 2.30. The van der Waals surface area contributed by atoms with Gasteiger partial charge in [0.05, 0.1) is 21.7 Å². The summed E-state index contributed by atoms with van der Waals surface area (Å²) < 4.78 is 5.26. The van der Waals surface area contributed by atoms with Gasteiger partial charge in [-0.25, -0.2) is 0 Å². The molecule has 26 heavy (non-hydrogen) atoms. The molecule has 0 aliphatic carbocycles. The maximum absolute atomic E-state index is 12.6. The van der Waals surface area contributed by atoms with Crippen molar-refractivity contribution in [1.29, 1.82) is 0 Å². The number of benzene rings is 2. The van der Waals surface area contributed by atoms with Crippen LogP contribution in [-0.4, -0.2) is 18.5 Å². The first-order valence-corrected chi connectivity index (χ1v) is 9.15. The lowest BCUT2D eigenvalue weighted by Crippen LogP contribution is -2.27. The normalized spacial score (nSPS) is 12.9. The molecule has 0 aliphatic heterocycles. The van der Waals surface area contributed by atoms with Crippen molar-refractivity contribution < 1.29 is 14.3 Å². The molecular weight excluding hydrogens is 373 g/mol. The monoisotopic (exact) mass is 393 g/mol. The van der Waals surface area contributed by atoms with Crippen LogP contribution in [0.2, 0.25) is 10.0 Å². The van der Waals surface area contributed by atoms with Crippen LogP contribution >= 0.6 is 23.2 Å². The van der Waals surface area contributed by atoms with Gasteiger partial charge in [0.25, 0.3) is 5.91 Å². The Morgan fingerprint density at radius 1 is 1.04 bits per heavy atom. The number of hydrogen-bond acceptors (Lipinski definition) is 3. The Hall–Kier alpha value is -2.04. The summed E-state index contributed by atoms with van der Waals surface area (Å²) in [5.41, 5.74) is 1.18. The lowest BCUT2D eigenvalue weighted by molar-refractivity contribution is -0.150. The molecule has 0 spiro atoms. The van der Waals surface area contributed by atoms with Crippen LogP contribution in [0.1, 0.15) is 31.7 Å². The van der Waals surface area contributed by atoms with Gasteiger partial charge in [-0.3, -0.25) is 9.59 Å². The first kappa shape index (κ1) is 20.3. The Kier molecular flexibility index (Phi) is 7.49. The van der Waals surface area contributed by atoms with E-state index in [0.29, 0.717) is 15.7 Å². The largest absolute Gasteiger partial charge is 0.455 e. The molecule has 6 heteroatoms. The third-order valence-corrected chi connectivity index (χ3v) is 4.83. The molecule has 0 unspecified atom stereocenters. The van der Waals surface area contributed by atoms with Crippen LogP contribution in [0, 0.1) is 5.92 Å². The Morgan fingerprint density at radius 2 is 1.65 bits per heavy atom. The second kappa shape index (κ2) is 9.60. The van der Waals surface area contributed by atoms with E-state index in [-0.39, 0.29) is 5.92 Å². The van der Waals surface area contributed by atoms with E-state index in [1.165, 1.54) is 0 Å². The number of rotatable bonds is 7. The average molecular weight is 394 g/mol. The van der Waals surface area contributed by atoms with E-state index >= 15 is 0 Å². The van der Waals surface area contributed by atoms with Gasteiger partial charge in [0.2, 0.25) is 0 Å². The minimum atomic E-state index is -0.496. The summed E-state index contributed by atoms with van der Waals surface area (Å²) in [5.74, 6) is -1.25. The van der Waals surface area contributed by atoms with Gasteiger partial charge in [0.15, 0.2) is 6.61 Å². The van der Waals surface area contributed by atoms with Crippen molar-refractivity contribution in [3.63, 3.8) is 0 Å². The molecule has 0 radical (unpaired) electrons. The highest BCUT2D eigenvalue weighted by molar-refractivity contribution is 6.39. The molecule has 2 atom stereocenters. The lowest BCUT2D eigenvalue weighted by Gasteiger charge is -2.21. The Morgan fingerprint density at radius 3 is 2.23 bits per heavy atom. The van der Waals surface area contributed by atoms with Crippen molar-refractivity contribution >= 4 is 40.8 Å². The molecule has 2 rings (SSSR count). The van der Waals surface area contributed by atoms with E-state index in [0.717, 1.165) is 12.0 Å². The molecule has 1 amide bonds. The maximum Gasteiger partial charge on any atom is 0.314 e. The SMILES string of the molecule is CC[C@H](C)[C@@H](C(=O)OCC(=O)Nc1c(Cl)cccc1Cl)c1ccccc1. The summed E-state index contributed by atoms with van der Waals surface area (Å²) in [5, 5.41) is 3.21. The standard InChI is InChI=1S/C20H21Cl2NO3/c1-3-13(2)18(14-8-5-4-6-9-14)20(25)26-12-17(24)23-19-15(21)10-7-11-16(19)22/h4-11,13,18H,3,12H2,1-2H3,(H,23,24)/t13-,18+/m0/s1. The number of halogens is 2. The maximum atomic E-state index is 12.6. The number of carbonyl (C=O) groups excluding carboxylic acids is 2. The van der Waals surface area contributed by atoms with Gasteiger partial charge in [-0.15, -0.1) is 0 Å². The molecule has 0 aliphatic rings. The number of ether oxygens (including phenoxy) is 1. The van der Waals surface area contributed by atoms with Crippen molar-refractivity contribution in [2.45, 2.75) is 26.2 Å². The number of hydrogen-bond donors (Lipinski definition) is 1. The molecule has 2 aromatic rings. The molecule has 2 aromatic carbocycles. The van der Waals surface area contributed by atoms with E-state index in [2.05, 4.69) is 5.32 Å².